The number of likely N-dealkylation sites (N-methyl/N-ethyl adjacent to an activating group) is 1. The van der Waals surface area contributed by atoms with Crippen molar-refractivity contribution in [3.8, 4) is 5.75 Å². The number of benzene rings is 1. The van der Waals surface area contributed by atoms with Gasteiger partial charge in [0, 0.05) is 32.6 Å². The molecule has 1 unspecified atom stereocenters. The van der Waals surface area contributed by atoms with Crippen LogP contribution in [0.1, 0.15) is 25.3 Å². The zero-order chi connectivity index (χ0) is 13.7. The van der Waals surface area contributed by atoms with Gasteiger partial charge >= 0.3 is 0 Å². The van der Waals surface area contributed by atoms with E-state index in [1.54, 1.807) is 4.90 Å². The van der Waals surface area contributed by atoms with Gasteiger partial charge in [-0.05, 0) is 31.0 Å². The minimum atomic E-state index is 0.247. The van der Waals surface area contributed by atoms with E-state index in [1.165, 1.54) is 5.56 Å². The lowest BCUT2D eigenvalue weighted by Gasteiger charge is -2.30. The van der Waals surface area contributed by atoms with Crippen molar-refractivity contribution >= 4 is 5.91 Å². The number of nitrogens with one attached hydrogen (secondary N) is 1. The SMILES string of the molecule is CCOc1cccc(CNC2CCC(=O)N(C)C2)c1. The number of likely N-dealkylation sites (tertiary alicyclic amines) is 1. The third-order valence-electron chi connectivity index (χ3n) is 3.43. The van der Waals surface area contributed by atoms with E-state index in [0.717, 1.165) is 25.3 Å². The van der Waals surface area contributed by atoms with Gasteiger partial charge in [-0.1, -0.05) is 12.1 Å². The Morgan fingerprint density at radius 3 is 3.05 bits per heavy atom. The van der Waals surface area contributed by atoms with Gasteiger partial charge in [-0.2, -0.15) is 0 Å². The quantitative estimate of drug-likeness (QED) is 0.879. The monoisotopic (exact) mass is 262 g/mol. The fourth-order valence-electron chi connectivity index (χ4n) is 2.35. The molecular weight excluding hydrogens is 240 g/mol. The second kappa shape index (κ2) is 6.57. The molecule has 104 valence electrons. The Kier molecular flexibility index (Phi) is 4.80. The van der Waals surface area contributed by atoms with E-state index in [1.807, 2.05) is 26.1 Å². The number of amides is 1. The molecule has 0 aliphatic carbocycles. The summed E-state index contributed by atoms with van der Waals surface area (Å²) in [5, 5.41) is 3.51. The summed E-state index contributed by atoms with van der Waals surface area (Å²) in [5.74, 6) is 1.16. The van der Waals surface area contributed by atoms with E-state index < -0.39 is 0 Å². The van der Waals surface area contributed by atoms with Crippen LogP contribution in [0.3, 0.4) is 0 Å². The first-order valence-electron chi connectivity index (χ1n) is 6.88. The molecule has 0 bridgehead atoms. The number of piperidine rings is 1. The number of carbonyl (C=O) groups is 1. The van der Waals surface area contributed by atoms with E-state index in [-0.39, 0.29) is 5.91 Å². The van der Waals surface area contributed by atoms with Crippen molar-refractivity contribution in [2.45, 2.75) is 32.4 Å². The molecule has 1 heterocycles. The maximum absolute atomic E-state index is 11.4. The topological polar surface area (TPSA) is 41.6 Å². The van der Waals surface area contributed by atoms with Crippen LogP contribution in [0.25, 0.3) is 0 Å². The van der Waals surface area contributed by atoms with Crippen molar-refractivity contribution in [3.05, 3.63) is 29.8 Å². The van der Waals surface area contributed by atoms with Crippen LogP contribution in [-0.2, 0) is 11.3 Å². The Hall–Kier alpha value is -1.55. The molecule has 2 rings (SSSR count). The van der Waals surface area contributed by atoms with Gasteiger partial charge in [-0.25, -0.2) is 0 Å². The smallest absolute Gasteiger partial charge is 0.222 e. The fraction of sp³-hybridized carbons (Fsp3) is 0.533. The first-order chi connectivity index (χ1) is 9.19. The Morgan fingerprint density at radius 2 is 2.32 bits per heavy atom. The molecule has 1 aliphatic heterocycles. The fourth-order valence-corrected chi connectivity index (χ4v) is 2.35. The molecule has 0 spiro atoms. The molecule has 1 aromatic rings. The lowest BCUT2D eigenvalue weighted by molar-refractivity contribution is -0.132. The zero-order valence-corrected chi connectivity index (χ0v) is 11.7. The van der Waals surface area contributed by atoms with Crippen LogP contribution in [0.5, 0.6) is 5.75 Å². The van der Waals surface area contributed by atoms with Crippen molar-refractivity contribution in [3.63, 3.8) is 0 Å². The van der Waals surface area contributed by atoms with Gasteiger partial charge in [0.2, 0.25) is 5.91 Å². The average molecular weight is 262 g/mol. The first kappa shape index (κ1) is 13.9. The highest BCUT2D eigenvalue weighted by Crippen LogP contribution is 2.14. The molecule has 4 heteroatoms. The number of hydrogen-bond donors (Lipinski definition) is 1. The highest BCUT2D eigenvalue weighted by atomic mass is 16.5. The summed E-state index contributed by atoms with van der Waals surface area (Å²) in [5.41, 5.74) is 1.21. The van der Waals surface area contributed by atoms with Gasteiger partial charge in [0.15, 0.2) is 0 Å². The standard InChI is InChI=1S/C15H22N2O2/c1-3-19-14-6-4-5-12(9-14)10-16-13-7-8-15(18)17(2)11-13/h4-6,9,13,16H,3,7-8,10-11H2,1-2H3. The third-order valence-corrected chi connectivity index (χ3v) is 3.43. The van der Waals surface area contributed by atoms with Crippen molar-refractivity contribution in [2.75, 3.05) is 20.2 Å². The predicted octanol–water partition coefficient (Wildman–Crippen LogP) is 1.80. The largest absolute Gasteiger partial charge is 0.494 e. The van der Waals surface area contributed by atoms with Crippen LogP contribution in [-0.4, -0.2) is 37.0 Å². The molecule has 1 aliphatic rings. The molecule has 19 heavy (non-hydrogen) atoms. The molecule has 1 N–H and O–H groups in total. The molecule has 1 fully saturated rings. The average Bonchev–Trinajstić information content (AvgIpc) is 2.41. The lowest BCUT2D eigenvalue weighted by atomic mass is 10.1. The Bertz CT molecular complexity index is 434. The van der Waals surface area contributed by atoms with Gasteiger partial charge in [0.25, 0.3) is 0 Å². The van der Waals surface area contributed by atoms with E-state index in [9.17, 15) is 4.79 Å². The highest BCUT2D eigenvalue weighted by molar-refractivity contribution is 5.76. The van der Waals surface area contributed by atoms with Crippen LogP contribution >= 0.6 is 0 Å². The highest BCUT2D eigenvalue weighted by Gasteiger charge is 2.22. The summed E-state index contributed by atoms with van der Waals surface area (Å²) in [6.45, 7) is 4.28. The van der Waals surface area contributed by atoms with Crippen LogP contribution in [0.15, 0.2) is 24.3 Å². The molecule has 0 radical (unpaired) electrons. The van der Waals surface area contributed by atoms with Crippen LogP contribution in [0, 0.1) is 0 Å². The molecule has 1 saturated heterocycles. The van der Waals surface area contributed by atoms with E-state index in [2.05, 4.69) is 17.4 Å². The maximum Gasteiger partial charge on any atom is 0.222 e. The molecule has 4 nitrogen and oxygen atoms in total. The minimum absolute atomic E-state index is 0.247. The van der Waals surface area contributed by atoms with E-state index in [4.69, 9.17) is 4.74 Å². The number of nitrogens with zero attached hydrogens (tertiary/aromatic N) is 1. The zero-order valence-electron chi connectivity index (χ0n) is 11.7. The summed E-state index contributed by atoms with van der Waals surface area (Å²) in [6.07, 6.45) is 1.57. The van der Waals surface area contributed by atoms with Crippen LogP contribution in [0.2, 0.25) is 0 Å². The van der Waals surface area contributed by atoms with Crippen molar-refractivity contribution in [2.24, 2.45) is 0 Å². The summed E-state index contributed by atoms with van der Waals surface area (Å²) < 4.78 is 5.49. The molecule has 1 aromatic carbocycles. The Labute approximate surface area is 114 Å². The summed E-state index contributed by atoms with van der Waals surface area (Å²) in [4.78, 5) is 13.2. The molecule has 1 atom stereocenters. The summed E-state index contributed by atoms with van der Waals surface area (Å²) in [7, 11) is 1.87. The third kappa shape index (κ3) is 3.96. The summed E-state index contributed by atoms with van der Waals surface area (Å²) in [6, 6.07) is 8.53. The van der Waals surface area contributed by atoms with Gasteiger partial charge in [0.05, 0.1) is 6.61 Å². The second-order valence-electron chi connectivity index (χ2n) is 4.97. The van der Waals surface area contributed by atoms with Crippen molar-refractivity contribution in [1.29, 1.82) is 0 Å². The number of rotatable bonds is 5. The maximum atomic E-state index is 11.4. The minimum Gasteiger partial charge on any atom is -0.494 e. The van der Waals surface area contributed by atoms with Gasteiger partial charge in [-0.15, -0.1) is 0 Å². The lowest BCUT2D eigenvalue weighted by Crippen LogP contribution is -2.46. The van der Waals surface area contributed by atoms with Crippen LogP contribution < -0.4 is 10.1 Å². The normalized spacial score (nSPS) is 19.6. The van der Waals surface area contributed by atoms with Crippen LogP contribution in [0.4, 0.5) is 0 Å². The Balaban J connectivity index is 1.85. The van der Waals surface area contributed by atoms with E-state index in [0.29, 0.717) is 19.1 Å². The van der Waals surface area contributed by atoms with Gasteiger partial charge < -0.3 is 15.0 Å². The molecule has 0 aromatic heterocycles. The second-order valence-corrected chi connectivity index (χ2v) is 4.97. The number of carbonyl (C=O) groups excluding carboxylic acids is 1. The number of hydrogen-bond acceptors (Lipinski definition) is 3. The first-order valence-corrected chi connectivity index (χ1v) is 6.88. The van der Waals surface area contributed by atoms with Gasteiger partial charge in [0.1, 0.15) is 5.75 Å². The Morgan fingerprint density at radius 1 is 1.47 bits per heavy atom. The predicted molar refractivity (Wildman–Crippen MR) is 75.1 cm³/mol. The van der Waals surface area contributed by atoms with Gasteiger partial charge in [-0.3, -0.25) is 4.79 Å². The van der Waals surface area contributed by atoms with Crippen molar-refractivity contribution < 1.29 is 9.53 Å². The summed E-state index contributed by atoms with van der Waals surface area (Å²) >= 11 is 0. The van der Waals surface area contributed by atoms with Crippen molar-refractivity contribution in [1.82, 2.24) is 10.2 Å². The molecular formula is C15H22N2O2. The molecule has 0 saturated carbocycles. The molecule has 1 amide bonds. The number of ether oxygens (including phenoxy) is 1. The van der Waals surface area contributed by atoms with E-state index >= 15 is 0 Å².